The Balaban J connectivity index is 0.00000576. The average molecular weight is 461 g/mol. The zero-order valence-electron chi connectivity index (χ0n) is 16.2. The Morgan fingerprint density at radius 2 is 1.84 bits per heavy atom. The van der Waals surface area contributed by atoms with E-state index in [1.807, 2.05) is 0 Å². The van der Waals surface area contributed by atoms with E-state index in [2.05, 4.69) is 62.6 Å². The predicted octanol–water partition coefficient (Wildman–Crippen LogP) is 3.76. The lowest BCUT2D eigenvalue weighted by molar-refractivity contribution is 0.245. The molecule has 1 rings (SSSR count). The second-order valence-electron chi connectivity index (χ2n) is 6.89. The van der Waals surface area contributed by atoms with Crippen LogP contribution in [0.3, 0.4) is 0 Å². The molecule has 0 heterocycles. The molecular formula is C20H36IN3O. The first-order valence-corrected chi connectivity index (χ1v) is 9.23. The summed E-state index contributed by atoms with van der Waals surface area (Å²) in [5.41, 5.74) is 2.63. The Labute approximate surface area is 170 Å². The summed E-state index contributed by atoms with van der Waals surface area (Å²) in [6.07, 6.45) is 2.91. The van der Waals surface area contributed by atoms with E-state index in [1.54, 1.807) is 0 Å². The summed E-state index contributed by atoms with van der Waals surface area (Å²) < 4.78 is 0. The standard InChI is InChI=1S/C20H35N3O.HI/c1-5-21-20(23-15-19(11-13-24)14-16(2)3)22-12-10-18-8-6-17(4)7-9-18;/h6-9,16,19,24H,5,10-15H2,1-4H3,(H2,21,22,23);1H. The summed E-state index contributed by atoms with van der Waals surface area (Å²) in [5, 5.41) is 15.9. The Bertz CT molecular complexity index is 474. The van der Waals surface area contributed by atoms with Gasteiger partial charge in [0.25, 0.3) is 0 Å². The minimum absolute atomic E-state index is 0. The van der Waals surface area contributed by atoms with Gasteiger partial charge in [-0.1, -0.05) is 43.7 Å². The van der Waals surface area contributed by atoms with Gasteiger partial charge in [-0.25, -0.2) is 0 Å². The van der Waals surface area contributed by atoms with Gasteiger partial charge in [-0.3, -0.25) is 4.99 Å². The molecule has 144 valence electrons. The highest BCUT2D eigenvalue weighted by molar-refractivity contribution is 14.0. The molecule has 0 fully saturated rings. The van der Waals surface area contributed by atoms with E-state index in [9.17, 15) is 5.11 Å². The molecule has 1 aromatic rings. The van der Waals surface area contributed by atoms with Crippen LogP contribution in [-0.2, 0) is 6.42 Å². The van der Waals surface area contributed by atoms with Crippen molar-refractivity contribution in [2.24, 2.45) is 16.8 Å². The summed E-state index contributed by atoms with van der Waals surface area (Å²) in [4.78, 5) is 4.71. The zero-order chi connectivity index (χ0) is 17.8. The van der Waals surface area contributed by atoms with E-state index in [-0.39, 0.29) is 30.6 Å². The van der Waals surface area contributed by atoms with E-state index < -0.39 is 0 Å². The lowest BCUT2D eigenvalue weighted by atomic mass is 9.94. The van der Waals surface area contributed by atoms with Crippen LogP contribution in [0.1, 0.15) is 44.7 Å². The van der Waals surface area contributed by atoms with Gasteiger partial charge in [0, 0.05) is 26.2 Å². The van der Waals surface area contributed by atoms with Crippen molar-refractivity contribution < 1.29 is 5.11 Å². The number of rotatable bonds is 10. The molecule has 0 aliphatic carbocycles. The van der Waals surface area contributed by atoms with Crippen LogP contribution < -0.4 is 10.6 Å². The first-order chi connectivity index (χ1) is 11.5. The molecule has 0 aliphatic rings. The third-order valence-corrected chi connectivity index (χ3v) is 4.02. The van der Waals surface area contributed by atoms with Crippen molar-refractivity contribution in [3.63, 3.8) is 0 Å². The smallest absolute Gasteiger partial charge is 0.191 e. The maximum atomic E-state index is 9.23. The largest absolute Gasteiger partial charge is 0.396 e. The molecule has 3 N–H and O–H groups in total. The summed E-state index contributed by atoms with van der Waals surface area (Å²) in [6.45, 7) is 11.4. The normalized spacial score (nSPS) is 12.6. The molecule has 0 radical (unpaired) electrons. The van der Waals surface area contributed by atoms with Crippen molar-refractivity contribution in [2.75, 3.05) is 26.2 Å². The Morgan fingerprint density at radius 3 is 2.40 bits per heavy atom. The van der Waals surface area contributed by atoms with Crippen LogP contribution in [0.4, 0.5) is 0 Å². The molecular weight excluding hydrogens is 425 g/mol. The number of nitrogens with zero attached hydrogens (tertiary/aromatic N) is 1. The Hall–Kier alpha value is -0.820. The number of aliphatic imine (C=N–C) groups is 1. The molecule has 1 atom stereocenters. The minimum Gasteiger partial charge on any atom is -0.396 e. The Morgan fingerprint density at radius 1 is 1.16 bits per heavy atom. The molecule has 0 saturated carbocycles. The number of hydrogen-bond donors (Lipinski definition) is 3. The number of guanidine groups is 1. The number of aliphatic hydroxyl groups is 1. The number of nitrogens with one attached hydrogen (secondary N) is 2. The number of benzene rings is 1. The van der Waals surface area contributed by atoms with Crippen molar-refractivity contribution in [1.82, 2.24) is 10.6 Å². The fraction of sp³-hybridized carbons (Fsp3) is 0.650. The van der Waals surface area contributed by atoms with E-state index >= 15 is 0 Å². The average Bonchev–Trinajstić information content (AvgIpc) is 2.54. The van der Waals surface area contributed by atoms with Gasteiger partial charge in [0.2, 0.25) is 0 Å². The quantitative estimate of drug-likeness (QED) is 0.283. The number of aliphatic hydroxyl groups excluding tert-OH is 1. The first kappa shape index (κ1) is 24.2. The van der Waals surface area contributed by atoms with Crippen molar-refractivity contribution in [3.8, 4) is 0 Å². The van der Waals surface area contributed by atoms with E-state index in [0.717, 1.165) is 44.9 Å². The number of hydrogen-bond acceptors (Lipinski definition) is 2. The van der Waals surface area contributed by atoms with Gasteiger partial charge in [-0.15, -0.1) is 24.0 Å². The Kier molecular flexibility index (Phi) is 13.9. The lowest BCUT2D eigenvalue weighted by Gasteiger charge is -2.17. The van der Waals surface area contributed by atoms with Crippen LogP contribution >= 0.6 is 24.0 Å². The second-order valence-corrected chi connectivity index (χ2v) is 6.89. The van der Waals surface area contributed by atoms with Gasteiger partial charge in [0.05, 0.1) is 0 Å². The molecule has 0 spiro atoms. The molecule has 0 bridgehead atoms. The first-order valence-electron chi connectivity index (χ1n) is 9.23. The van der Waals surface area contributed by atoms with Gasteiger partial charge in [0.15, 0.2) is 5.96 Å². The van der Waals surface area contributed by atoms with Gasteiger partial charge in [-0.2, -0.15) is 0 Å². The maximum absolute atomic E-state index is 9.23. The highest BCUT2D eigenvalue weighted by atomic mass is 127. The maximum Gasteiger partial charge on any atom is 0.191 e. The lowest BCUT2D eigenvalue weighted by Crippen LogP contribution is -2.38. The van der Waals surface area contributed by atoms with Crippen molar-refractivity contribution in [2.45, 2.75) is 47.0 Å². The van der Waals surface area contributed by atoms with Crippen LogP contribution in [0, 0.1) is 18.8 Å². The zero-order valence-corrected chi connectivity index (χ0v) is 18.5. The van der Waals surface area contributed by atoms with Crippen molar-refractivity contribution >= 4 is 29.9 Å². The third-order valence-electron chi connectivity index (χ3n) is 4.02. The molecule has 4 nitrogen and oxygen atoms in total. The monoisotopic (exact) mass is 461 g/mol. The second kappa shape index (κ2) is 14.4. The summed E-state index contributed by atoms with van der Waals surface area (Å²) >= 11 is 0. The van der Waals surface area contributed by atoms with E-state index in [1.165, 1.54) is 11.1 Å². The molecule has 5 heteroatoms. The van der Waals surface area contributed by atoms with Crippen molar-refractivity contribution in [3.05, 3.63) is 35.4 Å². The molecule has 0 amide bonds. The molecule has 0 saturated heterocycles. The van der Waals surface area contributed by atoms with Crippen LogP contribution in [0.15, 0.2) is 29.3 Å². The fourth-order valence-corrected chi connectivity index (χ4v) is 2.78. The molecule has 1 aromatic carbocycles. The highest BCUT2D eigenvalue weighted by Gasteiger charge is 2.10. The van der Waals surface area contributed by atoms with Crippen molar-refractivity contribution in [1.29, 1.82) is 0 Å². The van der Waals surface area contributed by atoms with Crippen LogP contribution in [0.5, 0.6) is 0 Å². The van der Waals surface area contributed by atoms with E-state index in [4.69, 9.17) is 4.99 Å². The topological polar surface area (TPSA) is 56.7 Å². The SMILES string of the molecule is CCNC(=NCC(CCO)CC(C)C)NCCc1ccc(C)cc1.I. The van der Waals surface area contributed by atoms with Gasteiger partial charge >= 0.3 is 0 Å². The third kappa shape index (κ3) is 11.4. The molecule has 1 unspecified atom stereocenters. The highest BCUT2D eigenvalue weighted by Crippen LogP contribution is 2.15. The van der Waals surface area contributed by atoms with Gasteiger partial charge in [0.1, 0.15) is 0 Å². The summed E-state index contributed by atoms with van der Waals surface area (Å²) in [6, 6.07) is 8.67. The fourth-order valence-electron chi connectivity index (χ4n) is 2.78. The van der Waals surface area contributed by atoms with E-state index in [0.29, 0.717) is 11.8 Å². The van der Waals surface area contributed by atoms with Crippen LogP contribution in [-0.4, -0.2) is 37.3 Å². The summed E-state index contributed by atoms with van der Waals surface area (Å²) in [5.74, 6) is 1.95. The van der Waals surface area contributed by atoms with Crippen LogP contribution in [0.25, 0.3) is 0 Å². The van der Waals surface area contributed by atoms with Crippen LogP contribution in [0.2, 0.25) is 0 Å². The number of halogens is 1. The number of aryl methyl sites for hydroxylation is 1. The molecule has 0 aromatic heterocycles. The summed E-state index contributed by atoms with van der Waals surface area (Å²) in [7, 11) is 0. The van der Waals surface area contributed by atoms with Gasteiger partial charge < -0.3 is 15.7 Å². The minimum atomic E-state index is 0. The predicted molar refractivity (Wildman–Crippen MR) is 119 cm³/mol. The molecule has 25 heavy (non-hydrogen) atoms. The van der Waals surface area contributed by atoms with Gasteiger partial charge in [-0.05, 0) is 50.5 Å². The molecule has 0 aliphatic heterocycles.